The number of hydrogen-bond donors (Lipinski definition) is 3. The van der Waals surface area contributed by atoms with Gasteiger partial charge in [-0.3, -0.25) is 9.59 Å². The second-order valence-electron chi connectivity index (χ2n) is 26.7. The van der Waals surface area contributed by atoms with Crippen LogP contribution < -0.4 is 5.32 Å². The number of rotatable bonds is 73. The standard InChI is InChI=1S/C78H151NO5/c1-3-5-7-9-11-13-15-17-19-38-42-46-50-54-58-62-66-70-76(81)75(74-80)79-77(82)71-67-63-59-55-51-47-43-40-36-34-32-30-28-26-24-22-21-23-25-27-29-31-33-35-37-41-45-49-53-57-61-65-69-73-84-78(83)72-68-64-60-56-52-48-44-39-20-18-16-14-12-10-8-6-4-2/h25,27,66,70,75-76,80-81H,3-24,26,28-65,67-69,71-74H2,1-2H3,(H,79,82)/b27-25-,70-66+. The minimum atomic E-state index is -0.842. The van der Waals surface area contributed by atoms with Gasteiger partial charge in [0.25, 0.3) is 0 Å². The van der Waals surface area contributed by atoms with E-state index in [4.69, 9.17) is 4.74 Å². The summed E-state index contributed by atoms with van der Waals surface area (Å²) in [6.07, 6.45) is 94.4. The molecule has 498 valence electrons. The zero-order chi connectivity index (χ0) is 60.6. The van der Waals surface area contributed by atoms with Crippen molar-refractivity contribution >= 4 is 11.9 Å². The van der Waals surface area contributed by atoms with E-state index in [1.54, 1.807) is 6.08 Å². The summed E-state index contributed by atoms with van der Waals surface area (Å²) in [7, 11) is 0. The van der Waals surface area contributed by atoms with Crippen molar-refractivity contribution < 1.29 is 24.5 Å². The fraction of sp³-hybridized carbons (Fsp3) is 0.923. The molecule has 0 aromatic carbocycles. The van der Waals surface area contributed by atoms with Gasteiger partial charge in [-0.1, -0.05) is 391 Å². The van der Waals surface area contributed by atoms with E-state index in [0.717, 1.165) is 38.5 Å². The van der Waals surface area contributed by atoms with Crippen LogP contribution in [0, 0.1) is 0 Å². The van der Waals surface area contributed by atoms with Crippen LogP contribution in [-0.2, 0) is 14.3 Å². The molecule has 0 saturated heterocycles. The van der Waals surface area contributed by atoms with Crippen molar-refractivity contribution in [2.75, 3.05) is 13.2 Å². The van der Waals surface area contributed by atoms with Gasteiger partial charge < -0.3 is 20.3 Å². The van der Waals surface area contributed by atoms with Gasteiger partial charge >= 0.3 is 5.97 Å². The monoisotopic (exact) mass is 1180 g/mol. The maximum Gasteiger partial charge on any atom is 0.305 e. The van der Waals surface area contributed by atoms with Crippen LogP contribution in [0.4, 0.5) is 0 Å². The first-order valence-electron chi connectivity index (χ1n) is 38.6. The van der Waals surface area contributed by atoms with E-state index in [9.17, 15) is 19.8 Å². The highest BCUT2D eigenvalue weighted by molar-refractivity contribution is 5.76. The fourth-order valence-electron chi connectivity index (χ4n) is 12.3. The topological polar surface area (TPSA) is 95.9 Å². The lowest BCUT2D eigenvalue weighted by molar-refractivity contribution is -0.143. The maximum atomic E-state index is 12.5. The largest absolute Gasteiger partial charge is 0.466 e. The van der Waals surface area contributed by atoms with Crippen LogP contribution >= 0.6 is 0 Å². The van der Waals surface area contributed by atoms with E-state index in [1.807, 2.05) is 6.08 Å². The van der Waals surface area contributed by atoms with Gasteiger partial charge in [0.15, 0.2) is 0 Å². The molecule has 0 aliphatic carbocycles. The van der Waals surface area contributed by atoms with Crippen LogP contribution in [0.3, 0.4) is 0 Å². The van der Waals surface area contributed by atoms with Crippen molar-refractivity contribution in [3.8, 4) is 0 Å². The van der Waals surface area contributed by atoms with Crippen molar-refractivity contribution in [1.29, 1.82) is 0 Å². The van der Waals surface area contributed by atoms with Gasteiger partial charge in [-0.2, -0.15) is 0 Å². The minimum Gasteiger partial charge on any atom is -0.466 e. The van der Waals surface area contributed by atoms with Gasteiger partial charge in [-0.25, -0.2) is 0 Å². The van der Waals surface area contributed by atoms with Gasteiger partial charge in [0.2, 0.25) is 5.91 Å². The average Bonchev–Trinajstić information content (AvgIpc) is 3.50. The van der Waals surface area contributed by atoms with Crippen molar-refractivity contribution in [3.63, 3.8) is 0 Å². The number of carbonyl (C=O) groups is 2. The highest BCUT2D eigenvalue weighted by Crippen LogP contribution is 2.19. The van der Waals surface area contributed by atoms with Crippen LogP contribution in [0.25, 0.3) is 0 Å². The molecule has 0 aliphatic rings. The molecule has 0 rings (SSSR count). The normalized spacial score (nSPS) is 12.6. The Labute approximate surface area is 526 Å². The Morgan fingerprint density at radius 1 is 0.321 bits per heavy atom. The molecule has 84 heavy (non-hydrogen) atoms. The first-order valence-corrected chi connectivity index (χ1v) is 38.6. The number of aliphatic hydroxyl groups excluding tert-OH is 2. The summed E-state index contributed by atoms with van der Waals surface area (Å²) in [6, 6.07) is -0.626. The number of amides is 1. The number of aliphatic hydroxyl groups is 2. The van der Waals surface area contributed by atoms with Crippen LogP contribution in [-0.4, -0.2) is 47.4 Å². The highest BCUT2D eigenvalue weighted by Gasteiger charge is 2.18. The molecule has 1 amide bonds. The van der Waals surface area contributed by atoms with Gasteiger partial charge in [-0.05, 0) is 57.8 Å². The lowest BCUT2D eigenvalue weighted by atomic mass is 10.0. The third kappa shape index (κ3) is 69.4. The van der Waals surface area contributed by atoms with Crippen LogP contribution in [0.5, 0.6) is 0 Å². The quantitative estimate of drug-likeness (QED) is 0.0320. The van der Waals surface area contributed by atoms with Crippen molar-refractivity contribution in [2.45, 2.75) is 450 Å². The predicted octanol–water partition coefficient (Wildman–Crippen LogP) is 25.3. The second kappa shape index (κ2) is 73.8. The Balaban J connectivity index is 3.35. The molecule has 0 spiro atoms. The molecule has 0 aromatic heterocycles. The SMILES string of the molecule is CCCCCCCCCCCCCCCCC/C=C/C(O)C(CO)NC(=O)CCCCCCCCCCCCCCCCCCC/C=C\CCCCCCCCCCCCCCOC(=O)CCCCCCCCCCCCCCCCCCC. The van der Waals surface area contributed by atoms with Crippen molar-refractivity contribution in [2.24, 2.45) is 0 Å². The van der Waals surface area contributed by atoms with E-state index in [0.29, 0.717) is 19.4 Å². The fourth-order valence-corrected chi connectivity index (χ4v) is 12.3. The summed E-state index contributed by atoms with van der Waals surface area (Å²) < 4.78 is 5.51. The molecule has 2 unspecified atom stereocenters. The number of ether oxygens (including phenoxy) is 1. The van der Waals surface area contributed by atoms with E-state index in [-0.39, 0.29) is 18.5 Å². The summed E-state index contributed by atoms with van der Waals surface area (Å²) in [5.74, 6) is -0.0379. The van der Waals surface area contributed by atoms with Crippen LogP contribution in [0.1, 0.15) is 438 Å². The number of nitrogens with one attached hydrogen (secondary N) is 1. The Kier molecular flexibility index (Phi) is 72.3. The molecule has 0 radical (unpaired) electrons. The molecular weight excluding hydrogens is 1030 g/mol. The van der Waals surface area contributed by atoms with Crippen molar-refractivity contribution in [1.82, 2.24) is 5.32 Å². The molecule has 2 atom stereocenters. The molecule has 0 aromatic rings. The van der Waals surface area contributed by atoms with Gasteiger partial charge in [-0.15, -0.1) is 0 Å². The zero-order valence-electron chi connectivity index (χ0n) is 57.2. The summed E-state index contributed by atoms with van der Waals surface area (Å²) in [4.78, 5) is 24.6. The summed E-state index contributed by atoms with van der Waals surface area (Å²) in [5, 5.41) is 23.2. The van der Waals surface area contributed by atoms with Crippen molar-refractivity contribution in [3.05, 3.63) is 24.3 Å². The smallest absolute Gasteiger partial charge is 0.305 e. The lowest BCUT2D eigenvalue weighted by Gasteiger charge is -2.20. The molecule has 3 N–H and O–H groups in total. The summed E-state index contributed by atoms with van der Waals surface area (Å²) >= 11 is 0. The Bertz CT molecular complexity index is 1320. The van der Waals surface area contributed by atoms with Gasteiger partial charge in [0, 0.05) is 12.8 Å². The zero-order valence-corrected chi connectivity index (χ0v) is 57.2. The lowest BCUT2D eigenvalue weighted by Crippen LogP contribution is -2.45. The number of unbranched alkanes of at least 4 members (excludes halogenated alkanes) is 60. The minimum absolute atomic E-state index is 0.0233. The highest BCUT2D eigenvalue weighted by atomic mass is 16.5. The van der Waals surface area contributed by atoms with E-state index in [2.05, 4.69) is 31.3 Å². The molecule has 0 aliphatic heterocycles. The molecule has 6 nitrogen and oxygen atoms in total. The van der Waals surface area contributed by atoms with Crippen LogP contribution in [0.2, 0.25) is 0 Å². The average molecular weight is 1180 g/mol. The predicted molar refractivity (Wildman–Crippen MR) is 370 cm³/mol. The summed E-state index contributed by atoms with van der Waals surface area (Å²) in [5.41, 5.74) is 0. The van der Waals surface area contributed by atoms with E-state index in [1.165, 1.54) is 372 Å². The van der Waals surface area contributed by atoms with E-state index < -0.39 is 12.1 Å². The number of allylic oxidation sites excluding steroid dienone is 3. The molecular formula is C78H151NO5. The molecule has 0 fully saturated rings. The van der Waals surface area contributed by atoms with Crippen LogP contribution in [0.15, 0.2) is 24.3 Å². The van der Waals surface area contributed by atoms with Gasteiger partial charge in [0.05, 0.1) is 25.4 Å². The molecule has 6 heteroatoms. The number of carbonyl (C=O) groups excluding carboxylic acids is 2. The second-order valence-corrected chi connectivity index (χ2v) is 26.7. The van der Waals surface area contributed by atoms with E-state index >= 15 is 0 Å². The molecule has 0 heterocycles. The Morgan fingerprint density at radius 3 is 0.845 bits per heavy atom. The molecule has 0 saturated carbocycles. The van der Waals surface area contributed by atoms with Gasteiger partial charge in [0.1, 0.15) is 0 Å². The third-order valence-electron chi connectivity index (χ3n) is 18.2. The Morgan fingerprint density at radius 2 is 0.560 bits per heavy atom. The number of hydrogen-bond acceptors (Lipinski definition) is 5. The third-order valence-corrected chi connectivity index (χ3v) is 18.2. The first kappa shape index (κ1) is 82.3. The Hall–Kier alpha value is -1.66. The summed E-state index contributed by atoms with van der Waals surface area (Å²) in [6.45, 7) is 4.96. The maximum absolute atomic E-state index is 12.5. The number of esters is 1. The molecule has 0 bridgehead atoms. The first-order chi connectivity index (χ1) is 41.5.